The number of hydrogen-bond donors (Lipinski definition) is 0. The lowest BCUT2D eigenvalue weighted by Crippen LogP contribution is -2.02. The van der Waals surface area contributed by atoms with Crippen LogP contribution in [-0.2, 0) is 11.2 Å². The lowest BCUT2D eigenvalue weighted by atomic mass is 10.0. The Hall–Kier alpha value is -3.72. The van der Waals surface area contributed by atoms with E-state index in [1.807, 2.05) is 30.3 Å². The molecule has 1 aliphatic carbocycles. The van der Waals surface area contributed by atoms with Crippen LogP contribution in [0, 0.1) is 0 Å². The summed E-state index contributed by atoms with van der Waals surface area (Å²) < 4.78 is 5.32. The summed E-state index contributed by atoms with van der Waals surface area (Å²) in [6.45, 7) is 1.40. The van der Waals surface area contributed by atoms with E-state index in [0.717, 1.165) is 17.5 Å². The zero-order valence-electron chi connectivity index (χ0n) is 16.1. The molecule has 0 saturated heterocycles. The van der Waals surface area contributed by atoms with E-state index in [4.69, 9.17) is 9.72 Å². The maximum atomic E-state index is 11.4. The zero-order chi connectivity index (χ0) is 19.8. The summed E-state index contributed by atoms with van der Waals surface area (Å²) in [6.07, 6.45) is 5.09. The van der Waals surface area contributed by atoms with Gasteiger partial charge in [-0.25, -0.2) is 4.98 Å². The van der Waals surface area contributed by atoms with Crippen molar-refractivity contribution in [2.45, 2.75) is 13.3 Å². The number of ether oxygens (including phenoxy) is 1. The molecule has 4 aromatic rings. The van der Waals surface area contributed by atoms with Crippen LogP contribution in [0.25, 0.3) is 34.2 Å². The molecule has 0 fully saturated rings. The van der Waals surface area contributed by atoms with E-state index in [9.17, 15) is 4.79 Å². The quantitative estimate of drug-likeness (QED) is 0.290. The average Bonchev–Trinajstić information content (AvgIpc) is 3.11. The minimum atomic E-state index is -0.348. The molecule has 0 radical (unpaired) electrons. The van der Waals surface area contributed by atoms with Gasteiger partial charge in [0.2, 0.25) is 0 Å². The molecule has 1 aliphatic rings. The first kappa shape index (κ1) is 17.4. The molecule has 0 spiro atoms. The van der Waals surface area contributed by atoms with Crippen LogP contribution in [0.5, 0.6) is 5.75 Å². The van der Waals surface area contributed by atoms with Crippen molar-refractivity contribution in [1.82, 2.24) is 4.98 Å². The fraction of sp³-hybridized carbons (Fsp3) is 0.0769. The van der Waals surface area contributed by atoms with E-state index in [1.54, 1.807) is 6.07 Å². The van der Waals surface area contributed by atoms with Crippen molar-refractivity contribution in [3.63, 3.8) is 0 Å². The fourth-order valence-corrected chi connectivity index (χ4v) is 3.98. The summed E-state index contributed by atoms with van der Waals surface area (Å²) in [5, 5.41) is 0.942. The van der Waals surface area contributed by atoms with E-state index in [1.165, 1.54) is 34.7 Å². The summed E-state index contributed by atoms with van der Waals surface area (Å²) in [4.78, 5) is 16.1. The molecule has 0 saturated carbocycles. The molecule has 0 bridgehead atoms. The van der Waals surface area contributed by atoms with Crippen molar-refractivity contribution in [2.24, 2.45) is 0 Å². The molecular weight excluding hydrogens is 358 g/mol. The Morgan fingerprint density at radius 1 is 0.897 bits per heavy atom. The number of hydrogen-bond acceptors (Lipinski definition) is 3. The fourth-order valence-electron chi connectivity index (χ4n) is 3.98. The molecule has 0 atom stereocenters. The van der Waals surface area contributed by atoms with Gasteiger partial charge >= 0.3 is 5.97 Å². The van der Waals surface area contributed by atoms with Crippen LogP contribution in [0.2, 0.25) is 0 Å². The number of esters is 1. The molecule has 0 N–H and O–H groups in total. The van der Waals surface area contributed by atoms with Crippen LogP contribution in [0.1, 0.15) is 29.3 Å². The lowest BCUT2D eigenvalue weighted by molar-refractivity contribution is -0.131. The van der Waals surface area contributed by atoms with Gasteiger partial charge in [0.25, 0.3) is 0 Å². The number of nitrogens with zero attached hydrogens (tertiary/aromatic N) is 1. The summed E-state index contributed by atoms with van der Waals surface area (Å²) in [6, 6.07) is 24.6. The monoisotopic (exact) mass is 377 g/mol. The van der Waals surface area contributed by atoms with E-state index >= 15 is 0 Å². The topological polar surface area (TPSA) is 39.2 Å². The second kappa shape index (κ2) is 7.02. The number of para-hydroxylation sites is 1. The highest BCUT2D eigenvalue weighted by Gasteiger charge is 2.19. The summed E-state index contributed by atoms with van der Waals surface area (Å²) in [5.74, 6) is 0.140. The number of aromatic nitrogens is 1. The van der Waals surface area contributed by atoms with Crippen LogP contribution >= 0.6 is 0 Å². The molecule has 3 nitrogen and oxygen atoms in total. The van der Waals surface area contributed by atoms with Crippen molar-refractivity contribution in [2.75, 3.05) is 0 Å². The van der Waals surface area contributed by atoms with E-state index in [2.05, 4.69) is 48.5 Å². The van der Waals surface area contributed by atoms with Crippen LogP contribution in [0.4, 0.5) is 0 Å². The van der Waals surface area contributed by atoms with Crippen molar-refractivity contribution >= 4 is 29.0 Å². The molecule has 1 heterocycles. The maximum Gasteiger partial charge on any atom is 0.308 e. The largest absolute Gasteiger partial charge is 0.424 e. The smallest absolute Gasteiger partial charge is 0.308 e. The Morgan fingerprint density at radius 2 is 1.72 bits per heavy atom. The van der Waals surface area contributed by atoms with Crippen molar-refractivity contribution in [1.29, 1.82) is 0 Å². The van der Waals surface area contributed by atoms with Crippen molar-refractivity contribution in [3.8, 4) is 16.9 Å². The Labute approximate surface area is 169 Å². The first-order chi connectivity index (χ1) is 14.2. The van der Waals surface area contributed by atoms with Gasteiger partial charge in [-0.3, -0.25) is 4.79 Å². The van der Waals surface area contributed by atoms with E-state index in [-0.39, 0.29) is 5.97 Å². The molecule has 0 aliphatic heterocycles. The SMILES string of the molecule is CC(=O)Oc1cccc2ccc(/C=C/c3cccc4c3Cc3ccccc3-4)nc12. The van der Waals surface area contributed by atoms with Gasteiger partial charge in [0.1, 0.15) is 5.52 Å². The molecular formula is C26H19NO2. The first-order valence-electron chi connectivity index (χ1n) is 9.65. The standard InChI is InChI=1S/C26H19NO2/c1-17(28)29-25-11-5-8-19-13-15-21(27-26(19)25)14-12-18-7-4-10-23-22-9-3-2-6-20(22)16-24(18)23/h2-15H,16H2,1H3/b14-12+. The summed E-state index contributed by atoms with van der Waals surface area (Å²) in [7, 11) is 0. The minimum Gasteiger partial charge on any atom is -0.424 e. The van der Waals surface area contributed by atoms with Crippen LogP contribution < -0.4 is 4.74 Å². The molecule has 3 aromatic carbocycles. The molecule has 0 amide bonds. The molecule has 5 rings (SSSR count). The predicted octanol–water partition coefficient (Wildman–Crippen LogP) is 5.90. The van der Waals surface area contributed by atoms with Crippen LogP contribution in [-0.4, -0.2) is 11.0 Å². The minimum absolute atomic E-state index is 0.348. The molecule has 0 unspecified atom stereocenters. The number of rotatable bonds is 3. The van der Waals surface area contributed by atoms with Gasteiger partial charge in [0.15, 0.2) is 5.75 Å². The van der Waals surface area contributed by atoms with E-state index in [0.29, 0.717) is 11.3 Å². The van der Waals surface area contributed by atoms with Gasteiger partial charge in [0.05, 0.1) is 5.69 Å². The average molecular weight is 377 g/mol. The summed E-state index contributed by atoms with van der Waals surface area (Å²) in [5.41, 5.74) is 8.08. The third-order valence-electron chi connectivity index (χ3n) is 5.28. The van der Waals surface area contributed by atoms with Gasteiger partial charge in [-0.15, -0.1) is 0 Å². The highest BCUT2D eigenvalue weighted by atomic mass is 16.5. The number of benzene rings is 3. The number of carbonyl (C=O) groups excluding carboxylic acids is 1. The third kappa shape index (κ3) is 3.21. The van der Waals surface area contributed by atoms with Gasteiger partial charge in [0, 0.05) is 12.3 Å². The van der Waals surface area contributed by atoms with Gasteiger partial charge < -0.3 is 4.74 Å². The maximum absolute atomic E-state index is 11.4. The Balaban J connectivity index is 1.52. The van der Waals surface area contributed by atoms with E-state index < -0.39 is 0 Å². The number of pyridine rings is 1. The molecule has 3 heteroatoms. The zero-order valence-corrected chi connectivity index (χ0v) is 16.1. The highest BCUT2D eigenvalue weighted by molar-refractivity contribution is 5.88. The van der Waals surface area contributed by atoms with Crippen molar-refractivity contribution < 1.29 is 9.53 Å². The molecule has 1 aromatic heterocycles. The van der Waals surface area contributed by atoms with Crippen molar-refractivity contribution in [3.05, 3.63) is 95.2 Å². The second-order valence-electron chi connectivity index (χ2n) is 7.20. The van der Waals surface area contributed by atoms with Gasteiger partial charge in [-0.2, -0.15) is 0 Å². The van der Waals surface area contributed by atoms with Gasteiger partial charge in [-0.1, -0.05) is 66.7 Å². The Kier molecular flexibility index (Phi) is 4.21. The Morgan fingerprint density at radius 3 is 2.62 bits per heavy atom. The third-order valence-corrected chi connectivity index (χ3v) is 5.28. The van der Waals surface area contributed by atoms with Gasteiger partial charge in [-0.05, 0) is 52.4 Å². The number of fused-ring (bicyclic) bond motifs is 4. The predicted molar refractivity (Wildman–Crippen MR) is 117 cm³/mol. The van der Waals surface area contributed by atoms with Crippen LogP contribution in [0.3, 0.4) is 0 Å². The molecule has 29 heavy (non-hydrogen) atoms. The number of carbonyl (C=O) groups is 1. The highest BCUT2D eigenvalue weighted by Crippen LogP contribution is 2.38. The summed E-state index contributed by atoms with van der Waals surface area (Å²) >= 11 is 0. The Bertz CT molecular complexity index is 1290. The lowest BCUT2D eigenvalue weighted by Gasteiger charge is -2.06. The first-order valence-corrected chi connectivity index (χ1v) is 9.65. The molecule has 140 valence electrons. The van der Waals surface area contributed by atoms with Crippen LogP contribution in [0.15, 0.2) is 72.8 Å². The normalized spacial score (nSPS) is 12.2. The second-order valence-corrected chi connectivity index (χ2v) is 7.20.